The van der Waals surface area contributed by atoms with Crippen molar-refractivity contribution in [2.24, 2.45) is 0 Å². The topological polar surface area (TPSA) is 238 Å². The molecule has 3 heterocycles. The lowest BCUT2D eigenvalue weighted by Gasteiger charge is -2.27. The summed E-state index contributed by atoms with van der Waals surface area (Å²) < 4.78 is 4.73. The van der Waals surface area contributed by atoms with Crippen LogP contribution < -0.4 is 31.9 Å². The third-order valence-corrected chi connectivity index (χ3v) is 11.7. The number of carbonyl (C=O) groups is 8. The van der Waals surface area contributed by atoms with Crippen molar-refractivity contribution < 1.29 is 48.2 Å². The van der Waals surface area contributed by atoms with Crippen molar-refractivity contribution in [3.05, 3.63) is 148 Å². The summed E-state index contributed by atoms with van der Waals surface area (Å²) in [5.74, 6) is -6.63. The van der Waals surface area contributed by atoms with Crippen LogP contribution in [0.25, 0.3) is 11.1 Å². The van der Waals surface area contributed by atoms with E-state index in [-0.39, 0.29) is 38.5 Å². The lowest BCUT2D eigenvalue weighted by molar-refractivity contribution is -0.149. The number of fused-ring (bicyclic) bond motifs is 18. The van der Waals surface area contributed by atoms with E-state index < -0.39 is 84.0 Å². The van der Waals surface area contributed by atoms with Crippen LogP contribution in [0, 0.1) is 0 Å². The number of nitrogens with one attached hydrogen (secondary N) is 6. The van der Waals surface area contributed by atoms with Crippen molar-refractivity contribution in [3.8, 4) is 11.1 Å². The van der Waals surface area contributed by atoms with Crippen molar-refractivity contribution in [3.63, 3.8) is 0 Å². The van der Waals surface area contributed by atoms with Crippen LogP contribution in [0.2, 0.25) is 0 Å². The highest BCUT2D eigenvalue weighted by atomic mass is 32.1. The molecule has 7 N–H and O–H groups in total. The van der Waals surface area contributed by atoms with Gasteiger partial charge in [-0.15, -0.1) is 11.3 Å². The number of esters is 1. The van der Waals surface area contributed by atoms with E-state index in [0.29, 0.717) is 22.4 Å². The summed E-state index contributed by atoms with van der Waals surface area (Å²) in [6.07, 6.45) is -1.48. The molecule has 0 aliphatic carbocycles. The molecular formula is C49H50N6O10S. The van der Waals surface area contributed by atoms with Crippen molar-refractivity contribution in [1.29, 1.82) is 0 Å². The van der Waals surface area contributed by atoms with Crippen molar-refractivity contribution in [1.82, 2.24) is 26.6 Å². The molecule has 0 saturated heterocycles. The summed E-state index contributed by atoms with van der Waals surface area (Å²) in [6, 6.07) is 29.0. The second kappa shape index (κ2) is 23.3. The van der Waals surface area contributed by atoms with Crippen LogP contribution in [0.5, 0.6) is 0 Å². The maximum Gasteiger partial charge on any atom is 0.328 e. The summed E-state index contributed by atoms with van der Waals surface area (Å²) in [4.78, 5) is 109. The Hall–Kier alpha value is -7.66. The molecule has 2 aliphatic heterocycles. The summed E-state index contributed by atoms with van der Waals surface area (Å²) in [6.45, 7) is 0. The van der Waals surface area contributed by atoms with E-state index in [4.69, 9.17) is 4.74 Å². The van der Waals surface area contributed by atoms with Gasteiger partial charge in [-0.2, -0.15) is 0 Å². The molecular weight excluding hydrogens is 865 g/mol. The van der Waals surface area contributed by atoms with Crippen molar-refractivity contribution in [2.75, 3.05) is 12.4 Å². The van der Waals surface area contributed by atoms with Crippen LogP contribution in [0.4, 0.5) is 5.69 Å². The predicted molar refractivity (Wildman–Crippen MR) is 246 cm³/mol. The van der Waals surface area contributed by atoms with Crippen LogP contribution in [0.1, 0.15) is 40.8 Å². The minimum absolute atomic E-state index is 0.0362. The van der Waals surface area contributed by atoms with Gasteiger partial charge in [0.05, 0.1) is 13.5 Å². The molecule has 342 valence electrons. The molecule has 7 rings (SSSR count). The first kappa shape index (κ1) is 47.8. The van der Waals surface area contributed by atoms with E-state index >= 15 is 0 Å². The van der Waals surface area contributed by atoms with Crippen LogP contribution in [-0.4, -0.2) is 89.8 Å². The average Bonchev–Trinajstić information content (AvgIpc) is 3.83. The number of amides is 6. The zero-order valence-electron chi connectivity index (χ0n) is 36.0. The summed E-state index contributed by atoms with van der Waals surface area (Å²) >= 11 is 1.38. The Bertz CT molecular complexity index is 2490. The summed E-state index contributed by atoms with van der Waals surface area (Å²) in [7, 11) is 1.04. The highest BCUT2D eigenvalue weighted by Crippen LogP contribution is 2.21. The molecule has 16 nitrogen and oxygen atoms in total. The number of carboxylic acids is 1. The first-order valence-corrected chi connectivity index (χ1v) is 22.1. The molecule has 0 spiro atoms. The number of carbonyl (C=O) groups excluding carboxylic acids is 7. The molecule has 4 aromatic carbocycles. The highest BCUT2D eigenvalue weighted by molar-refractivity contribution is 7.09. The van der Waals surface area contributed by atoms with Gasteiger partial charge in [-0.1, -0.05) is 103 Å². The molecule has 0 saturated carbocycles. The van der Waals surface area contributed by atoms with Crippen molar-refractivity contribution in [2.45, 2.75) is 75.2 Å². The van der Waals surface area contributed by atoms with Crippen LogP contribution >= 0.6 is 11.3 Å². The molecule has 2 bridgehead atoms. The molecule has 5 unspecified atom stereocenters. The summed E-state index contributed by atoms with van der Waals surface area (Å²) in [5, 5.41) is 27.5. The third kappa shape index (κ3) is 14.2. The van der Waals surface area contributed by atoms with Crippen LogP contribution in [-0.2, 0) is 68.8 Å². The maximum absolute atomic E-state index is 14.7. The van der Waals surface area contributed by atoms with Gasteiger partial charge < -0.3 is 41.7 Å². The molecule has 0 fully saturated rings. The Labute approximate surface area is 384 Å². The smallest absolute Gasteiger partial charge is 0.328 e. The van der Waals surface area contributed by atoms with E-state index in [1.807, 2.05) is 66.0 Å². The third-order valence-electron chi connectivity index (χ3n) is 10.8. The number of hydrogen-bond acceptors (Lipinski definition) is 10. The SMILES string of the molecule is COC(=O)C(CC(=O)O)NC(=O)C1Cc2ccc(cc2)NC(=O)CCC(=O)NC(Cc2cccs2)C(=O)NC(Cc2ccc(-c3ccccc3)cc2)C(=O)NC(Cc2ccccc2)C(=O)N1. The monoisotopic (exact) mass is 914 g/mol. The fourth-order valence-electron chi connectivity index (χ4n) is 7.29. The zero-order valence-corrected chi connectivity index (χ0v) is 36.8. The fourth-order valence-corrected chi connectivity index (χ4v) is 8.04. The normalized spacial score (nSPS) is 19.1. The number of aliphatic carboxylic acids is 1. The van der Waals surface area contributed by atoms with Crippen molar-refractivity contribution >= 4 is 64.4 Å². The lowest BCUT2D eigenvalue weighted by atomic mass is 9.99. The molecule has 5 aromatic rings. The van der Waals surface area contributed by atoms with E-state index in [1.165, 1.54) is 11.3 Å². The summed E-state index contributed by atoms with van der Waals surface area (Å²) in [5.41, 5.74) is 4.06. The van der Waals surface area contributed by atoms with Gasteiger partial charge in [0.2, 0.25) is 35.4 Å². The van der Waals surface area contributed by atoms with Gasteiger partial charge in [0.1, 0.15) is 30.2 Å². The molecule has 6 amide bonds. The standard InChI is InChI=1S/C49H50N6O10S/c1-65-49(64)41(29-44(58)59)55-47(62)39-27-32-16-20-35(21-17-32)50-42(56)22-23-43(57)51-40(28-36-13-8-24-66-36)48(63)54-38(26-31-14-18-34(19-15-31)33-11-6-3-7-12-33)46(61)52-37(45(60)53-39)25-30-9-4-2-5-10-30/h2-21,24,37-41H,22-23,25-29H2,1H3,(H,50,56)(H,51,57)(H,52,61)(H,53,60)(H,54,63)(H,55,62)(H,58,59). The van der Waals surface area contributed by atoms with Crippen LogP contribution in [0.3, 0.4) is 0 Å². The second-order valence-electron chi connectivity index (χ2n) is 15.7. The maximum atomic E-state index is 14.7. The Morgan fingerprint density at radius 3 is 1.80 bits per heavy atom. The minimum atomic E-state index is -1.60. The predicted octanol–water partition coefficient (Wildman–Crippen LogP) is 3.49. The zero-order chi connectivity index (χ0) is 47.0. The highest BCUT2D eigenvalue weighted by Gasteiger charge is 2.34. The van der Waals surface area contributed by atoms with Crippen LogP contribution in [0.15, 0.2) is 127 Å². The number of thiophene rings is 1. The number of ether oxygens (including phenoxy) is 1. The van der Waals surface area contributed by atoms with Gasteiger partial charge in [0.15, 0.2) is 0 Å². The minimum Gasteiger partial charge on any atom is -0.481 e. The molecule has 1 aromatic heterocycles. The number of benzene rings is 4. The Morgan fingerprint density at radius 1 is 0.652 bits per heavy atom. The number of hydrogen-bond donors (Lipinski definition) is 7. The molecule has 0 radical (unpaired) electrons. The number of anilines is 1. The van der Waals surface area contributed by atoms with Gasteiger partial charge in [-0.3, -0.25) is 33.6 Å². The Morgan fingerprint density at radius 2 is 1.21 bits per heavy atom. The Kier molecular flexibility index (Phi) is 16.9. The molecule has 17 heteroatoms. The van der Waals surface area contributed by atoms with E-state index in [1.54, 1.807) is 60.7 Å². The van der Waals surface area contributed by atoms with E-state index in [9.17, 15) is 43.5 Å². The second-order valence-corrected chi connectivity index (χ2v) is 16.7. The first-order chi connectivity index (χ1) is 31.8. The largest absolute Gasteiger partial charge is 0.481 e. The van der Waals surface area contributed by atoms with Gasteiger partial charge in [-0.05, 0) is 51.4 Å². The number of rotatable bonds is 12. The average molecular weight is 915 g/mol. The first-order valence-electron chi connectivity index (χ1n) is 21.2. The number of methoxy groups -OCH3 is 1. The van der Waals surface area contributed by atoms with E-state index in [0.717, 1.165) is 23.1 Å². The van der Waals surface area contributed by atoms with Gasteiger partial charge in [0, 0.05) is 49.1 Å². The van der Waals surface area contributed by atoms with Gasteiger partial charge in [-0.25, -0.2) is 4.79 Å². The molecule has 66 heavy (non-hydrogen) atoms. The quantitative estimate of drug-likeness (QED) is 0.0711. The van der Waals surface area contributed by atoms with Gasteiger partial charge >= 0.3 is 11.9 Å². The van der Waals surface area contributed by atoms with Gasteiger partial charge in [0.25, 0.3) is 0 Å². The molecule has 2 aliphatic rings. The Balaban J connectivity index is 1.37. The van der Waals surface area contributed by atoms with E-state index in [2.05, 4.69) is 31.9 Å². The molecule has 5 atom stereocenters. The lowest BCUT2D eigenvalue weighted by Crippen LogP contribution is -2.60. The fraction of sp³-hybridized carbons (Fsp3) is 0.265. The number of carboxylic acid groups (broad SMARTS) is 1.